The minimum Gasteiger partial charge on any atom is -0.370 e. The van der Waals surface area contributed by atoms with Gasteiger partial charge in [-0.15, -0.1) is 0 Å². The van der Waals surface area contributed by atoms with E-state index in [1.807, 2.05) is 6.92 Å². The molecule has 0 heterocycles. The molecule has 11 heavy (non-hydrogen) atoms. The van der Waals surface area contributed by atoms with Gasteiger partial charge in [0.25, 0.3) is 0 Å². The van der Waals surface area contributed by atoms with E-state index in [1.165, 1.54) is 0 Å². The molecule has 0 saturated carbocycles. The summed E-state index contributed by atoms with van der Waals surface area (Å²) < 4.78 is 0. The molecule has 0 aliphatic rings. The van der Waals surface area contributed by atoms with Crippen LogP contribution in [0.15, 0.2) is 11.1 Å². The molecule has 0 aromatic rings. The lowest BCUT2D eigenvalue weighted by atomic mass is 10.1. The van der Waals surface area contributed by atoms with E-state index in [9.17, 15) is 4.79 Å². The van der Waals surface area contributed by atoms with Crippen molar-refractivity contribution in [1.82, 2.24) is 0 Å². The third-order valence-corrected chi connectivity index (χ3v) is 1.68. The Morgan fingerprint density at radius 1 is 1.45 bits per heavy atom. The molecule has 0 unspecified atom stereocenters. The minimum absolute atomic E-state index is 0.434. The van der Waals surface area contributed by atoms with Crippen molar-refractivity contribution in [2.24, 2.45) is 5.90 Å². The highest BCUT2D eigenvalue weighted by Gasteiger charge is 2.06. The fourth-order valence-electron chi connectivity index (χ4n) is 0.825. The molecule has 0 atom stereocenters. The van der Waals surface area contributed by atoms with Gasteiger partial charge in [-0.05, 0) is 20.3 Å². The molecule has 0 aromatic carbocycles. The van der Waals surface area contributed by atoms with Crippen LogP contribution in [0.2, 0.25) is 0 Å². The summed E-state index contributed by atoms with van der Waals surface area (Å²) in [6, 6.07) is 0. The number of carbonyl (C=O) groups excluding carboxylic acids is 1. The monoisotopic (exact) mass is 157 g/mol. The maximum atomic E-state index is 10.8. The summed E-state index contributed by atoms with van der Waals surface area (Å²) in [5.41, 5.74) is 1.66. The first kappa shape index (κ1) is 10.2. The fourth-order valence-corrected chi connectivity index (χ4v) is 0.825. The second kappa shape index (κ2) is 4.91. The lowest BCUT2D eigenvalue weighted by Gasteiger charge is -2.02. The number of allylic oxidation sites excluding steroid dienone is 1. The largest absolute Gasteiger partial charge is 0.370 e. The molecule has 3 heteroatoms. The van der Waals surface area contributed by atoms with E-state index in [-0.39, 0.29) is 0 Å². The van der Waals surface area contributed by atoms with E-state index >= 15 is 0 Å². The molecule has 0 aliphatic carbocycles. The van der Waals surface area contributed by atoms with Crippen LogP contribution in [0.4, 0.5) is 0 Å². The topological polar surface area (TPSA) is 52.3 Å². The van der Waals surface area contributed by atoms with Crippen LogP contribution in [0.3, 0.4) is 0 Å². The molecule has 0 radical (unpaired) electrons. The Balaban J connectivity index is 4.26. The Bertz CT molecular complexity index is 173. The number of hydrogen-bond donors (Lipinski definition) is 1. The van der Waals surface area contributed by atoms with Crippen LogP contribution in [-0.2, 0) is 9.63 Å². The molecule has 2 N–H and O–H groups in total. The average molecular weight is 157 g/mol. The number of rotatable bonds is 3. The zero-order valence-electron chi connectivity index (χ0n) is 7.31. The van der Waals surface area contributed by atoms with E-state index in [4.69, 9.17) is 5.90 Å². The average Bonchev–Trinajstić information content (AvgIpc) is 2.02. The molecular weight excluding hydrogens is 142 g/mol. The highest BCUT2D eigenvalue weighted by Crippen LogP contribution is 2.10. The van der Waals surface area contributed by atoms with Gasteiger partial charge in [0.2, 0.25) is 0 Å². The predicted octanol–water partition coefficient (Wildman–Crippen LogP) is 1.54. The van der Waals surface area contributed by atoms with Crippen molar-refractivity contribution in [3.8, 4) is 0 Å². The summed E-state index contributed by atoms with van der Waals surface area (Å²) in [6.45, 7) is 5.69. The van der Waals surface area contributed by atoms with Gasteiger partial charge >= 0.3 is 5.97 Å². The normalized spacial score (nSPS) is 12.4. The highest BCUT2D eigenvalue weighted by atomic mass is 16.7. The Morgan fingerprint density at radius 3 is 2.36 bits per heavy atom. The zero-order chi connectivity index (χ0) is 8.85. The van der Waals surface area contributed by atoms with Gasteiger partial charge in [0.05, 0.1) is 0 Å². The second-order valence-electron chi connectivity index (χ2n) is 2.56. The highest BCUT2D eigenvalue weighted by molar-refractivity contribution is 5.88. The van der Waals surface area contributed by atoms with E-state index < -0.39 is 5.97 Å². The van der Waals surface area contributed by atoms with Crippen molar-refractivity contribution in [2.75, 3.05) is 0 Å². The quantitative estimate of drug-likeness (QED) is 0.499. The smallest absolute Gasteiger partial charge is 0.352 e. The van der Waals surface area contributed by atoms with Crippen LogP contribution < -0.4 is 5.90 Å². The Morgan fingerprint density at radius 2 is 2.00 bits per heavy atom. The Labute approximate surface area is 67.2 Å². The molecule has 3 nitrogen and oxygen atoms in total. The molecule has 0 fully saturated rings. The summed E-state index contributed by atoms with van der Waals surface area (Å²) in [6.07, 6.45) is 1.95. The number of hydrogen-bond acceptors (Lipinski definition) is 3. The maximum Gasteiger partial charge on any atom is 0.352 e. The van der Waals surface area contributed by atoms with Gasteiger partial charge in [-0.2, -0.15) is 5.90 Å². The molecule has 0 amide bonds. The van der Waals surface area contributed by atoms with Crippen molar-refractivity contribution < 1.29 is 9.63 Å². The summed E-state index contributed by atoms with van der Waals surface area (Å²) >= 11 is 0. The van der Waals surface area contributed by atoms with Gasteiger partial charge in [0, 0.05) is 5.57 Å². The van der Waals surface area contributed by atoms with Crippen molar-refractivity contribution in [3.05, 3.63) is 11.1 Å². The molecule has 0 rings (SSSR count). The first-order valence-electron chi connectivity index (χ1n) is 3.70. The van der Waals surface area contributed by atoms with Crippen molar-refractivity contribution in [1.29, 1.82) is 0 Å². The van der Waals surface area contributed by atoms with Crippen LogP contribution in [0.1, 0.15) is 33.6 Å². The molecule has 0 aromatic heterocycles. The number of nitrogens with two attached hydrogens (primary N) is 1. The summed E-state index contributed by atoms with van der Waals surface area (Å²) in [5.74, 6) is 4.29. The Kier molecular flexibility index (Phi) is 4.54. The predicted molar refractivity (Wildman–Crippen MR) is 43.6 cm³/mol. The van der Waals surface area contributed by atoms with E-state index in [0.717, 1.165) is 18.4 Å². The van der Waals surface area contributed by atoms with Gasteiger partial charge in [-0.25, -0.2) is 4.79 Å². The maximum absolute atomic E-state index is 10.8. The third kappa shape index (κ3) is 3.18. The van der Waals surface area contributed by atoms with Crippen LogP contribution in [-0.4, -0.2) is 5.97 Å². The molecular formula is C8H15NO2. The van der Waals surface area contributed by atoms with Crippen molar-refractivity contribution >= 4 is 5.97 Å². The van der Waals surface area contributed by atoms with E-state index in [0.29, 0.717) is 5.57 Å². The van der Waals surface area contributed by atoms with Crippen molar-refractivity contribution in [2.45, 2.75) is 33.6 Å². The summed E-state index contributed by atoms with van der Waals surface area (Å²) in [5, 5.41) is 0. The lowest BCUT2D eigenvalue weighted by Crippen LogP contribution is -2.11. The first-order valence-corrected chi connectivity index (χ1v) is 3.70. The van der Waals surface area contributed by atoms with Gasteiger partial charge in [-0.1, -0.05) is 18.9 Å². The van der Waals surface area contributed by atoms with Crippen LogP contribution in [0.25, 0.3) is 0 Å². The SMILES string of the molecule is CCCC(C)=C(C)C(=O)ON. The zero-order valence-corrected chi connectivity index (χ0v) is 7.31. The number of carbonyl (C=O) groups is 1. The fraction of sp³-hybridized carbons (Fsp3) is 0.625. The summed E-state index contributed by atoms with van der Waals surface area (Å²) in [4.78, 5) is 14.9. The van der Waals surface area contributed by atoms with Gasteiger partial charge < -0.3 is 4.84 Å². The van der Waals surface area contributed by atoms with Crippen LogP contribution in [0.5, 0.6) is 0 Å². The first-order chi connectivity index (χ1) is 5.13. The lowest BCUT2D eigenvalue weighted by molar-refractivity contribution is -0.139. The minimum atomic E-state index is -0.434. The van der Waals surface area contributed by atoms with Gasteiger partial charge in [0.1, 0.15) is 0 Å². The second-order valence-corrected chi connectivity index (χ2v) is 2.56. The summed E-state index contributed by atoms with van der Waals surface area (Å²) in [7, 11) is 0. The third-order valence-electron chi connectivity index (χ3n) is 1.68. The molecule has 0 aliphatic heterocycles. The Hall–Kier alpha value is -0.830. The van der Waals surface area contributed by atoms with Crippen molar-refractivity contribution in [3.63, 3.8) is 0 Å². The van der Waals surface area contributed by atoms with Gasteiger partial charge in [-0.3, -0.25) is 0 Å². The molecule has 0 saturated heterocycles. The van der Waals surface area contributed by atoms with E-state index in [1.54, 1.807) is 6.92 Å². The standard InChI is InChI=1S/C8H15NO2/c1-4-5-6(2)7(3)8(10)11-9/h4-5,9H2,1-3H3. The molecule has 0 bridgehead atoms. The van der Waals surface area contributed by atoms with Crippen LogP contribution in [0, 0.1) is 0 Å². The van der Waals surface area contributed by atoms with E-state index in [2.05, 4.69) is 11.8 Å². The van der Waals surface area contributed by atoms with Gasteiger partial charge in [0.15, 0.2) is 0 Å². The molecule has 64 valence electrons. The molecule has 0 spiro atoms. The van der Waals surface area contributed by atoms with Crippen LogP contribution >= 0.6 is 0 Å².